The molecule has 0 aliphatic carbocycles. The van der Waals surface area contributed by atoms with E-state index in [4.69, 9.17) is 9.47 Å². The highest BCUT2D eigenvalue weighted by molar-refractivity contribution is 4.82. The van der Waals surface area contributed by atoms with Gasteiger partial charge in [0.2, 0.25) is 5.79 Å². The molecule has 1 aliphatic heterocycles. The normalized spacial score (nSPS) is 33.2. The summed E-state index contributed by atoms with van der Waals surface area (Å²) < 4.78 is 10.8. The summed E-state index contributed by atoms with van der Waals surface area (Å²) in [5, 5.41) is 12.6. The van der Waals surface area contributed by atoms with Gasteiger partial charge >= 0.3 is 0 Å². The summed E-state index contributed by atoms with van der Waals surface area (Å²) in [6.07, 6.45) is -0.606. The van der Waals surface area contributed by atoms with E-state index in [1.807, 2.05) is 6.92 Å². The minimum Gasteiger partial charge on any atom is -0.388 e. The van der Waals surface area contributed by atoms with E-state index in [0.29, 0.717) is 19.8 Å². The van der Waals surface area contributed by atoms with E-state index in [1.54, 1.807) is 6.92 Å². The molecule has 0 aromatic rings. The fourth-order valence-corrected chi connectivity index (χ4v) is 1.34. The maximum absolute atomic E-state index is 9.47. The Morgan fingerprint density at radius 2 is 2.50 bits per heavy atom. The third kappa shape index (κ3) is 1.95. The molecule has 72 valence electrons. The summed E-state index contributed by atoms with van der Waals surface area (Å²) in [4.78, 5) is 0. The number of morpholine rings is 1. The third-order valence-electron chi connectivity index (χ3n) is 2.02. The fraction of sp³-hybridized carbons (Fsp3) is 1.00. The van der Waals surface area contributed by atoms with Gasteiger partial charge in [0.1, 0.15) is 6.10 Å². The zero-order valence-electron chi connectivity index (χ0n) is 7.67. The molecule has 0 aromatic heterocycles. The molecule has 2 N–H and O–H groups in total. The predicted octanol–water partition coefficient (Wildman–Crippen LogP) is -0.280. The number of nitrogens with one attached hydrogen (secondary N) is 1. The van der Waals surface area contributed by atoms with Gasteiger partial charge in [0.25, 0.3) is 0 Å². The summed E-state index contributed by atoms with van der Waals surface area (Å²) in [5.74, 6) is -0.826. The van der Waals surface area contributed by atoms with Crippen LogP contribution in [0, 0.1) is 0 Å². The first-order valence-electron chi connectivity index (χ1n) is 4.38. The lowest BCUT2D eigenvalue weighted by atomic mass is 10.1. The van der Waals surface area contributed by atoms with E-state index in [0.717, 1.165) is 6.54 Å². The number of aliphatic hydroxyl groups excluding tert-OH is 1. The number of hydrogen-bond donors (Lipinski definition) is 2. The molecule has 0 aromatic carbocycles. The van der Waals surface area contributed by atoms with Crippen LogP contribution in [0.2, 0.25) is 0 Å². The Morgan fingerprint density at radius 3 is 2.92 bits per heavy atom. The fourth-order valence-electron chi connectivity index (χ4n) is 1.34. The van der Waals surface area contributed by atoms with Crippen molar-refractivity contribution in [2.45, 2.75) is 25.7 Å². The van der Waals surface area contributed by atoms with Gasteiger partial charge in [0, 0.05) is 13.2 Å². The molecule has 1 aliphatic rings. The number of ether oxygens (including phenoxy) is 2. The summed E-state index contributed by atoms with van der Waals surface area (Å²) in [5.41, 5.74) is 0. The number of rotatable bonds is 3. The Bertz CT molecular complexity index is 127. The molecule has 4 heteroatoms. The highest BCUT2D eigenvalue weighted by Crippen LogP contribution is 2.19. The first-order valence-corrected chi connectivity index (χ1v) is 4.38. The van der Waals surface area contributed by atoms with Crippen molar-refractivity contribution in [1.82, 2.24) is 5.32 Å². The van der Waals surface area contributed by atoms with Crippen LogP contribution in [-0.4, -0.2) is 43.3 Å². The second kappa shape index (κ2) is 4.18. The van der Waals surface area contributed by atoms with Gasteiger partial charge in [0.15, 0.2) is 0 Å². The Hall–Kier alpha value is -0.160. The van der Waals surface area contributed by atoms with Gasteiger partial charge in [-0.3, -0.25) is 0 Å². The summed E-state index contributed by atoms with van der Waals surface area (Å²) >= 11 is 0. The molecule has 0 saturated carbocycles. The molecule has 0 radical (unpaired) electrons. The molecule has 0 bridgehead atoms. The van der Waals surface area contributed by atoms with Crippen molar-refractivity contribution in [2.24, 2.45) is 0 Å². The first kappa shape index (κ1) is 9.92. The molecule has 12 heavy (non-hydrogen) atoms. The van der Waals surface area contributed by atoms with Gasteiger partial charge in [-0.15, -0.1) is 0 Å². The number of aliphatic hydroxyl groups is 1. The number of hydrogen-bond acceptors (Lipinski definition) is 4. The monoisotopic (exact) mass is 175 g/mol. The van der Waals surface area contributed by atoms with Crippen molar-refractivity contribution in [1.29, 1.82) is 0 Å². The highest BCUT2D eigenvalue weighted by atomic mass is 16.7. The quantitative estimate of drug-likeness (QED) is 0.619. The molecule has 4 nitrogen and oxygen atoms in total. The van der Waals surface area contributed by atoms with Crippen molar-refractivity contribution < 1.29 is 14.6 Å². The Kier molecular flexibility index (Phi) is 3.46. The van der Waals surface area contributed by atoms with Crippen LogP contribution in [0.3, 0.4) is 0 Å². The van der Waals surface area contributed by atoms with Crippen LogP contribution in [0.1, 0.15) is 13.8 Å². The van der Waals surface area contributed by atoms with Gasteiger partial charge in [-0.05, 0) is 13.8 Å². The Balaban J connectivity index is 2.56. The highest BCUT2D eigenvalue weighted by Gasteiger charge is 2.38. The summed E-state index contributed by atoms with van der Waals surface area (Å²) in [6.45, 7) is 6.09. The molecule has 1 fully saturated rings. The molecule has 0 amide bonds. The standard InChI is InChI=1S/C8H17NO3/c1-3-11-8(7(2)10)6-9-4-5-12-8/h7,9-10H,3-6H2,1-2H3. The van der Waals surface area contributed by atoms with Crippen LogP contribution in [0.4, 0.5) is 0 Å². The molecule has 1 heterocycles. The van der Waals surface area contributed by atoms with Crippen LogP contribution in [0.25, 0.3) is 0 Å². The van der Waals surface area contributed by atoms with Crippen molar-refractivity contribution in [3.05, 3.63) is 0 Å². The molecular weight excluding hydrogens is 158 g/mol. The van der Waals surface area contributed by atoms with E-state index in [-0.39, 0.29) is 0 Å². The van der Waals surface area contributed by atoms with Gasteiger partial charge in [0.05, 0.1) is 13.2 Å². The van der Waals surface area contributed by atoms with Crippen LogP contribution in [0.15, 0.2) is 0 Å². The maximum atomic E-state index is 9.47. The third-order valence-corrected chi connectivity index (χ3v) is 2.02. The topological polar surface area (TPSA) is 50.7 Å². The van der Waals surface area contributed by atoms with E-state index >= 15 is 0 Å². The first-order chi connectivity index (χ1) is 5.71. The Morgan fingerprint density at radius 1 is 1.75 bits per heavy atom. The summed E-state index contributed by atoms with van der Waals surface area (Å²) in [6, 6.07) is 0. The summed E-state index contributed by atoms with van der Waals surface area (Å²) in [7, 11) is 0. The van der Waals surface area contributed by atoms with Crippen LogP contribution in [-0.2, 0) is 9.47 Å². The van der Waals surface area contributed by atoms with Crippen molar-refractivity contribution in [2.75, 3.05) is 26.3 Å². The lowest BCUT2D eigenvalue weighted by Gasteiger charge is -2.39. The van der Waals surface area contributed by atoms with Crippen molar-refractivity contribution in [3.63, 3.8) is 0 Å². The zero-order valence-corrected chi connectivity index (χ0v) is 7.67. The van der Waals surface area contributed by atoms with Gasteiger partial charge in [-0.2, -0.15) is 0 Å². The molecule has 2 atom stereocenters. The zero-order chi connectivity index (χ0) is 9.03. The lowest BCUT2D eigenvalue weighted by Crippen LogP contribution is -2.57. The average molecular weight is 175 g/mol. The van der Waals surface area contributed by atoms with Gasteiger partial charge in [-0.25, -0.2) is 0 Å². The predicted molar refractivity (Wildman–Crippen MR) is 44.9 cm³/mol. The van der Waals surface area contributed by atoms with Gasteiger partial charge < -0.3 is 19.9 Å². The van der Waals surface area contributed by atoms with E-state index in [9.17, 15) is 5.11 Å². The lowest BCUT2D eigenvalue weighted by molar-refractivity contribution is -0.284. The molecule has 1 saturated heterocycles. The van der Waals surface area contributed by atoms with Crippen LogP contribution < -0.4 is 5.32 Å². The van der Waals surface area contributed by atoms with E-state index < -0.39 is 11.9 Å². The molecule has 1 rings (SSSR count). The minimum atomic E-state index is -0.826. The SMILES string of the molecule is CCOC1(C(C)O)CNCCO1. The van der Waals surface area contributed by atoms with E-state index in [2.05, 4.69) is 5.32 Å². The minimum absolute atomic E-state index is 0.548. The van der Waals surface area contributed by atoms with E-state index in [1.165, 1.54) is 0 Å². The van der Waals surface area contributed by atoms with Gasteiger partial charge in [-0.1, -0.05) is 0 Å². The smallest absolute Gasteiger partial charge is 0.207 e. The Labute approximate surface area is 72.9 Å². The largest absolute Gasteiger partial charge is 0.388 e. The van der Waals surface area contributed by atoms with Crippen LogP contribution >= 0.6 is 0 Å². The van der Waals surface area contributed by atoms with Crippen molar-refractivity contribution in [3.8, 4) is 0 Å². The molecule has 2 unspecified atom stereocenters. The maximum Gasteiger partial charge on any atom is 0.207 e. The second-order valence-electron chi connectivity index (χ2n) is 2.95. The molecular formula is C8H17NO3. The van der Waals surface area contributed by atoms with Crippen LogP contribution in [0.5, 0.6) is 0 Å². The second-order valence-corrected chi connectivity index (χ2v) is 2.95. The van der Waals surface area contributed by atoms with Crippen molar-refractivity contribution >= 4 is 0 Å². The average Bonchev–Trinajstić information content (AvgIpc) is 2.06. The molecule has 0 spiro atoms.